The number of methoxy groups -OCH3 is 3. The van der Waals surface area contributed by atoms with Crippen LogP contribution in [-0.2, 0) is 13.1 Å². The van der Waals surface area contributed by atoms with Crippen LogP contribution in [0.4, 0.5) is 0 Å². The molecule has 0 radical (unpaired) electrons. The maximum Gasteiger partial charge on any atom is 0.341 e. The summed E-state index contributed by atoms with van der Waals surface area (Å²) in [6.45, 7) is 1.20. The highest BCUT2D eigenvalue weighted by molar-refractivity contribution is 5.88. The van der Waals surface area contributed by atoms with Crippen LogP contribution in [0.3, 0.4) is 0 Å². The first-order valence-electron chi connectivity index (χ1n) is 8.96. The van der Waals surface area contributed by atoms with Gasteiger partial charge in [-0.3, -0.25) is 4.79 Å². The highest BCUT2D eigenvalue weighted by Crippen LogP contribution is 2.46. The summed E-state index contributed by atoms with van der Waals surface area (Å²) in [4.78, 5) is 23.5. The predicted molar refractivity (Wildman–Crippen MR) is 106 cm³/mol. The van der Waals surface area contributed by atoms with E-state index in [-0.39, 0.29) is 5.56 Å². The fraction of sp³-hybridized carbons (Fsp3) is 0.238. The SMILES string of the molecule is COc1ccc(OC)c(-c2cc3n(c2)CCn2cc(C(=O)O)c(=O)cc2-3)c1OC. The first kappa shape index (κ1) is 18.7. The molecule has 8 heteroatoms. The number of fused-ring (bicyclic) bond motifs is 3. The van der Waals surface area contributed by atoms with E-state index in [0.29, 0.717) is 36.0 Å². The molecule has 0 unspecified atom stereocenters. The number of nitrogens with zero attached hydrogens (tertiary/aromatic N) is 2. The van der Waals surface area contributed by atoms with Gasteiger partial charge < -0.3 is 28.5 Å². The van der Waals surface area contributed by atoms with Crippen LogP contribution in [0.5, 0.6) is 17.2 Å². The van der Waals surface area contributed by atoms with Crippen molar-refractivity contribution >= 4 is 5.97 Å². The number of carbonyl (C=O) groups is 1. The number of carboxylic acid groups (broad SMARTS) is 1. The highest BCUT2D eigenvalue weighted by Gasteiger charge is 2.24. The van der Waals surface area contributed by atoms with Crippen LogP contribution in [0.2, 0.25) is 0 Å². The van der Waals surface area contributed by atoms with Crippen molar-refractivity contribution < 1.29 is 24.1 Å². The fourth-order valence-corrected chi connectivity index (χ4v) is 3.76. The molecule has 0 saturated carbocycles. The molecule has 0 saturated heterocycles. The number of carboxylic acids is 1. The van der Waals surface area contributed by atoms with E-state index in [1.54, 1.807) is 32.0 Å². The normalized spacial score (nSPS) is 12.1. The molecule has 1 aliphatic rings. The zero-order valence-corrected chi connectivity index (χ0v) is 16.3. The van der Waals surface area contributed by atoms with Crippen LogP contribution in [0.15, 0.2) is 41.5 Å². The number of hydrogen-bond acceptors (Lipinski definition) is 5. The van der Waals surface area contributed by atoms with E-state index in [0.717, 1.165) is 16.8 Å². The van der Waals surface area contributed by atoms with Gasteiger partial charge in [-0.1, -0.05) is 0 Å². The number of benzene rings is 1. The van der Waals surface area contributed by atoms with E-state index in [1.807, 2.05) is 22.9 Å². The Morgan fingerprint density at radius 1 is 0.931 bits per heavy atom. The lowest BCUT2D eigenvalue weighted by Gasteiger charge is -2.21. The molecule has 29 heavy (non-hydrogen) atoms. The summed E-state index contributed by atoms with van der Waals surface area (Å²) >= 11 is 0. The van der Waals surface area contributed by atoms with Gasteiger partial charge in [0.1, 0.15) is 11.3 Å². The second-order valence-corrected chi connectivity index (χ2v) is 6.62. The molecule has 3 aromatic rings. The minimum absolute atomic E-state index is 0.231. The number of hydrogen-bond donors (Lipinski definition) is 1. The molecule has 1 N–H and O–H groups in total. The lowest BCUT2D eigenvalue weighted by atomic mass is 10.0. The Morgan fingerprint density at radius 2 is 1.55 bits per heavy atom. The van der Waals surface area contributed by atoms with E-state index in [9.17, 15) is 14.7 Å². The third kappa shape index (κ3) is 2.93. The second kappa shape index (κ2) is 7.05. The first-order valence-corrected chi connectivity index (χ1v) is 8.96. The van der Waals surface area contributed by atoms with Crippen molar-refractivity contribution in [2.24, 2.45) is 0 Å². The van der Waals surface area contributed by atoms with E-state index < -0.39 is 11.4 Å². The third-order valence-electron chi connectivity index (χ3n) is 5.11. The molecule has 0 spiro atoms. The molecule has 0 aliphatic carbocycles. The molecule has 1 aliphatic heterocycles. The van der Waals surface area contributed by atoms with Gasteiger partial charge in [-0.05, 0) is 18.2 Å². The molecular formula is C21H20N2O6. The van der Waals surface area contributed by atoms with Gasteiger partial charge >= 0.3 is 5.97 Å². The van der Waals surface area contributed by atoms with Crippen molar-refractivity contribution in [3.8, 4) is 39.8 Å². The van der Waals surface area contributed by atoms with Crippen molar-refractivity contribution in [3.05, 3.63) is 52.4 Å². The third-order valence-corrected chi connectivity index (χ3v) is 5.11. The molecule has 0 atom stereocenters. The summed E-state index contributed by atoms with van der Waals surface area (Å²) in [7, 11) is 4.73. The Kier molecular flexibility index (Phi) is 4.54. The fourth-order valence-electron chi connectivity index (χ4n) is 3.76. The van der Waals surface area contributed by atoms with Crippen molar-refractivity contribution in [3.63, 3.8) is 0 Å². The largest absolute Gasteiger partial charge is 0.496 e. The standard InChI is InChI=1S/C21H20N2O6/c1-27-17-4-5-18(28-2)20(29-3)19(17)12-8-14-15-9-16(24)13(21(25)26)11-23(15)7-6-22(14)10-12/h4-5,8-11H,6-7H2,1-3H3,(H,25,26). The van der Waals surface area contributed by atoms with E-state index in [4.69, 9.17) is 14.2 Å². The second-order valence-electron chi connectivity index (χ2n) is 6.62. The van der Waals surface area contributed by atoms with Gasteiger partial charge in [0.15, 0.2) is 16.9 Å². The Hall–Kier alpha value is -3.68. The summed E-state index contributed by atoms with van der Waals surface area (Å²) in [6.07, 6.45) is 3.37. The van der Waals surface area contributed by atoms with Crippen LogP contribution >= 0.6 is 0 Å². The number of pyridine rings is 1. The van der Waals surface area contributed by atoms with Crippen LogP contribution in [0, 0.1) is 0 Å². The molecule has 1 aromatic carbocycles. The molecule has 2 aromatic heterocycles. The average Bonchev–Trinajstić information content (AvgIpc) is 3.16. The summed E-state index contributed by atoms with van der Waals surface area (Å²) in [6, 6.07) is 6.90. The van der Waals surface area contributed by atoms with Crippen molar-refractivity contribution in [2.75, 3.05) is 21.3 Å². The molecular weight excluding hydrogens is 376 g/mol. The van der Waals surface area contributed by atoms with Crippen molar-refractivity contribution in [1.29, 1.82) is 0 Å². The quantitative estimate of drug-likeness (QED) is 0.713. The van der Waals surface area contributed by atoms with Crippen LogP contribution in [-0.4, -0.2) is 41.5 Å². The molecule has 8 nitrogen and oxygen atoms in total. The average molecular weight is 396 g/mol. The molecule has 150 valence electrons. The van der Waals surface area contributed by atoms with Crippen molar-refractivity contribution in [2.45, 2.75) is 13.1 Å². The zero-order valence-electron chi connectivity index (χ0n) is 16.3. The monoisotopic (exact) mass is 396 g/mol. The van der Waals surface area contributed by atoms with Gasteiger partial charge in [-0.15, -0.1) is 0 Å². The maximum atomic E-state index is 12.2. The predicted octanol–water partition coefficient (Wildman–Crippen LogP) is 2.72. The Balaban J connectivity index is 1.91. The zero-order chi connectivity index (χ0) is 20.7. The van der Waals surface area contributed by atoms with Gasteiger partial charge in [-0.25, -0.2) is 4.79 Å². The molecule has 0 amide bonds. The van der Waals surface area contributed by atoms with E-state index in [1.165, 1.54) is 12.3 Å². The summed E-state index contributed by atoms with van der Waals surface area (Å²) in [5.74, 6) is 0.533. The van der Waals surface area contributed by atoms with Gasteiger partial charge in [0.25, 0.3) is 0 Å². The van der Waals surface area contributed by atoms with Crippen LogP contribution in [0.25, 0.3) is 22.5 Å². The lowest BCUT2D eigenvalue weighted by molar-refractivity contribution is 0.0694. The Bertz CT molecular complexity index is 1170. The maximum absolute atomic E-state index is 12.2. The number of ether oxygens (including phenoxy) is 3. The van der Waals surface area contributed by atoms with Gasteiger partial charge in [0.2, 0.25) is 0 Å². The van der Waals surface area contributed by atoms with Crippen LogP contribution in [0.1, 0.15) is 10.4 Å². The number of aromatic carboxylic acids is 1. The first-order chi connectivity index (χ1) is 14.0. The van der Waals surface area contributed by atoms with E-state index >= 15 is 0 Å². The molecule has 4 rings (SSSR count). The lowest BCUT2D eigenvalue weighted by Crippen LogP contribution is -2.23. The molecule has 3 heterocycles. The van der Waals surface area contributed by atoms with Crippen LogP contribution < -0.4 is 19.6 Å². The molecule has 0 bridgehead atoms. The van der Waals surface area contributed by atoms with Gasteiger partial charge in [-0.2, -0.15) is 0 Å². The highest BCUT2D eigenvalue weighted by atomic mass is 16.5. The minimum atomic E-state index is -1.22. The number of aryl methyl sites for hydroxylation is 2. The van der Waals surface area contributed by atoms with Gasteiger partial charge in [0.05, 0.1) is 38.3 Å². The smallest absolute Gasteiger partial charge is 0.341 e. The molecule has 0 fully saturated rings. The summed E-state index contributed by atoms with van der Waals surface area (Å²) in [5, 5.41) is 9.22. The van der Waals surface area contributed by atoms with Crippen molar-refractivity contribution in [1.82, 2.24) is 9.13 Å². The van der Waals surface area contributed by atoms with Gasteiger partial charge in [0, 0.05) is 37.1 Å². The minimum Gasteiger partial charge on any atom is -0.496 e. The van der Waals surface area contributed by atoms with E-state index in [2.05, 4.69) is 0 Å². The summed E-state index contributed by atoms with van der Waals surface area (Å²) in [5.41, 5.74) is 2.32. The summed E-state index contributed by atoms with van der Waals surface area (Å²) < 4.78 is 20.4. The Labute approximate surface area is 166 Å². The number of rotatable bonds is 5. The topological polar surface area (TPSA) is 91.9 Å². The Morgan fingerprint density at radius 3 is 2.17 bits per heavy atom. The number of aromatic nitrogens is 2.